The van der Waals surface area contributed by atoms with Crippen LogP contribution in [-0.2, 0) is 7.05 Å². The van der Waals surface area contributed by atoms with Crippen molar-refractivity contribution < 1.29 is 27.5 Å². The molecule has 1 heterocycles. The monoisotopic (exact) mass is 353 g/mol. The summed E-state index contributed by atoms with van der Waals surface area (Å²) in [5, 5.41) is 1.46. The third-order valence-corrected chi connectivity index (χ3v) is 4.54. The Morgan fingerprint density at radius 2 is 1.92 bits per heavy atom. The van der Waals surface area contributed by atoms with Crippen molar-refractivity contribution in [3.63, 3.8) is 0 Å². The zero-order chi connectivity index (χ0) is 8.72. The molecule has 2 aromatic rings. The predicted molar refractivity (Wildman–Crippen MR) is 51.5 cm³/mol. The maximum absolute atomic E-state index is 2.36. The Hall–Kier alpha value is 0.139. The first-order chi connectivity index (χ1) is 5.68. The third-order valence-electron chi connectivity index (χ3n) is 2.23. The summed E-state index contributed by atoms with van der Waals surface area (Å²) < 4.78 is 3.88. The second-order valence-corrected chi connectivity index (χ2v) is 5.63. The summed E-state index contributed by atoms with van der Waals surface area (Å²) in [6.45, 7) is 4.35. The molecule has 0 aliphatic rings. The molecule has 0 bridgehead atoms. The molecule has 0 spiro atoms. The fourth-order valence-electron chi connectivity index (χ4n) is 1.39. The van der Waals surface area contributed by atoms with Gasteiger partial charge in [0.25, 0.3) is 0 Å². The van der Waals surface area contributed by atoms with Gasteiger partial charge in [-0.1, -0.05) is 0 Å². The first-order valence-electron chi connectivity index (χ1n) is 4.05. The molecule has 0 saturated carbocycles. The largest absolute Gasteiger partial charge is 1.00 e. The number of halogens is 1. The minimum atomic E-state index is 0. The molecule has 1 aromatic heterocycles. The number of benzene rings is 1. The molecule has 1 nitrogen and oxygen atoms in total. The van der Waals surface area contributed by atoms with Crippen LogP contribution in [0.15, 0.2) is 18.2 Å². The van der Waals surface area contributed by atoms with Gasteiger partial charge in [-0.3, -0.25) is 0 Å². The van der Waals surface area contributed by atoms with E-state index in [4.69, 9.17) is 0 Å². The molecule has 3 heteroatoms. The van der Waals surface area contributed by atoms with Crippen molar-refractivity contribution >= 4 is 24.4 Å². The molecule has 0 amide bonds. The zero-order valence-electron chi connectivity index (χ0n) is 7.97. The fourth-order valence-corrected chi connectivity index (χ4v) is 3.41. The first kappa shape index (κ1) is 11.2. The van der Waals surface area contributed by atoms with Gasteiger partial charge < -0.3 is 24.0 Å². The summed E-state index contributed by atoms with van der Waals surface area (Å²) in [7, 11) is 2.17. The Morgan fingerprint density at radius 3 is 2.62 bits per heavy atom. The number of rotatable bonds is 0. The van der Waals surface area contributed by atoms with Crippen molar-refractivity contribution in [2.75, 3.05) is 0 Å². The summed E-state index contributed by atoms with van der Waals surface area (Å²) in [5.41, 5.74) is 2.79. The normalized spacial score (nSPS) is 10.1. The molecule has 70 valence electrons. The molecule has 13 heavy (non-hydrogen) atoms. The average Bonchev–Trinajstić information content (AvgIpc) is 2.31. The summed E-state index contributed by atoms with van der Waals surface area (Å²) >= 11 is 0.521. The van der Waals surface area contributed by atoms with Gasteiger partial charge in [-0.05, 0) is 0 Å². The molecule has 0 aliphatic carbocycles. The van der Waals surface area contributed by atoms with E-state index in [9.17, 15) is 0 Å². The Morgan fingerprint density at radius 1 is 1.23 bits per heavy atom. The number of hydrogen-bond donors (Lipinski definition) is 0. The standard InChI is InChI=1S/C10H12NSe.HI/c1-7-4-5-10-9(6-7)8(2)11(3)12-10;/h4-6H,1-3H3;1H/q+1;/p-1. The van der Waals surface area contributed by atoms with Crippen molar-refractivity contribution in [2.24, 2.45) is 7.05 Å². The summed E-state index contributed by atoms with van der Waals surface area (Å²) in [5.74, 6) is 0. The van der Waals surface area contributed by atoms with Crippen LogP contribution >= 0.6 is 0 Å². The van der Waals surface area contributed by atoms with Crippen LogP contribution in [0.2, 0.25) is 0 Å². The molecule has 2 rings (SSSR count). The fraction of sp³-hybridized carbons (Fsp3) is 0.300. The van der Waals surface area contributed by atoms with Gasteiger partial charge in [0.1, 0.15) is 0 Å². The van der Waals surface area contributed by atoms with Crippen LogP contribution in [0.1, 0.15) is 11.3 Å². The number of hydrogen-bond acceptors (Lipinski definition) is 0. The number of aryl methyl sites for hydroxylation is 3. The van der Waals surface area contributed by atoms with E-state index in [1.807, 2.05) is 0 Å². The first-order valence-corrected chi connectivity index (χ1v) is 5.67. The van der Waals surface area contributed by atoms with Crippen LogP contribution in [0.3, 0.4) is 0 Å². The number of aromatic nitrogens is 1. The van der Waals surface area contributed by atoms with Crippen molar-refractivity contribution in [2.45, 2.75) is 13.8 Å². The summed E-state index contributed by atoms with van der Waals surface area (Å²) in [4.78, 5) is 0. The molecule has 0 aliphatic heterocycles. The van der Waals surface area contributed by atoms with E-state index in [0.717, 1.165) is 0 Å². The van der Waals surface area contributed by atoms with E-state index >= 15 is 0 Å². The van der Waals surface area contributed by atoms with Gasteiger partial charge in [0.15, 0.2) is 0 Å². The molecule has 0 unspecified atom stereocenters. The van der Waals surface area contributed by atoms with Crippen LogP contribution in [0.5, 0.6) is 0 Å². The minimum absolute atomic E-state index is 0. The van der Waals surface area contributed by atoms with Crippen molar-refractivity contribution in [3.8, 4) is 0 Å². The quantitative estimate of drug-likeness (QED) is 0.395. The summed E-state index contributed by atoms with van der Waals surface area (Å²) in [6.07, 6.45) is 0. The third kappa shape index (κ3) is 1.97. The average molecular weight is 352 g/mol. The van der Waals surface area contributed by atoms with Gasteiger partial charge in [-0.15, -0.1) is 0 Å². The topological polar surface area (TPSA) is 3.88 Å². The van der Waals surface area contributed by atoms with Gasteiger partial charge in [0, 0.05) is 0 Å². The molecule has 0 radical (unpaired) electrons. The van der Waals surface area contributed by atoms with Crippen molar-refractivity contribution in [3.05, 3.63) is 29.5 Å². The molecule has 1 aromatic carbocycles. The van der Waals surface area contributed by atoms with Crippen LogP contribution in [-0.4, -0.2) is 14.7 Å². The van der Waals surface area contributed by atoms with E-state index in [1.54, 1.807) is 0 Å². The molecule has 0 N–H and O–H groups in total. The number of nitrogens with zero attached hydrogens (tertiary/aromatic N) is 1. The van der Waals surface area contributed by atoms with Gasteiger partial charge in [0.05, 0.1) is 0 Å². The van der Waals surface area contributed by atoms with Crippen molar-refractivity contribution in [1.29, 1.82) is 0 Å². The van der Waals surface area contributed by atoms with Crippen LogP contribution in [0.25, 0.3) is 9.65 Å². The Balaban J connectivity index is 0.000000845. The second-order valence-electron chi connectivity index (χ2n) is 3.17. The van der Waals surface area contributed by atoms with E-state index < -0.39 is 0 Å². The van der Waals surface area contributed by atoms with E-state index in [1.165, 1.54) is 20.9 Å². The Kier molecular flexibility index (Phi) is 3.55. The van der Waals surface area contributed by atoms with Crippen LogP contribution < -0.4 is 27.5 Å². The van der Waals surface area contributed by atoms with Gasteiger partial charge >= 0.3 is 78.3 Å². The van der Waals surface area contributed by atoms with Gasteiger partial charge in [-0.25, -0.2) is 0 Å². The SMILES string of the molecule is Cc1ccc2[se][n+](C)c(C)c2c1.[I-]. The van der Waals surface area contributed by atoms with E-state index in [-0.39, 0.29) is 24.0 Å². The minimum Gasteiger partial charge on any atom is -1.00 e. The van der Waals surface area contributed by atoms with Crippen LogP contribution in [0, 0.1) is 13.8 Å². The molecular weight excluding hydrogens is 340 g/mol. The van der Waals surface area contributed by atoms with Gasteiger partial charge in [-0.2, -0.15) is 0 Å². The van der Waals surface area contributed by atoms with E-state index in [0.29, 0.717) is 14.7 Å². The molecular formula is C10H12INSe. The van der Waals surface area contributed by atoms with E-state index in [2.05, 4.69) is 42.7 Å². The maximum atomic E-state index is 2.36. The smallest absolute Gasteiger partial charge is 1.00 e. The Labute approximate surface area is 102 Å². The van der Waals surface area contributed by atoms with Gasteiger partial charge in [0.2, 0.25) is 0 Å². The Bertz CT molecular complexity index is 434. The second kappa shape index (κ2) is 4.11. The van der Waals surface area contributed by atoms with Crippen molar-refractivity contribution in [1.82, 2.24) is 0 Å². The number of fused-ring (bicyclic) bond motifs is 1. The summed E-state index contributed by atoms with van der Waals surface area (Å²) in [6, 6.07) is 6.75. The molecule has 0 saturated heterocycles. The predicted octanol–water partition coefficient (Wildman–Crippen LogP) is -1.66. The molecule has 0 fully saturated rings. The zero-order valence-corrected chi connectivity index (χ0v) is 11.8. The van der Waals surface area contributed by atoms with Crippen LogP contribution in [0.4, 0.5) is 0 Å². The molecule has 0 atom stereocenters. The maximum Gasteiger partial charge on any atom is -1.00 e.